The van der Waals surface area contributed by atoms with Crippen LogP contribution in [0.2, 0.25) is 0 Å². The van der Waals surface area contributed by atoms with E-state index in [0.717, 1.165) is 32.6 Å². The third kappa shape index (κ3) is 5.00. The summed E-state index contributed by atoms with van der Waals surface area (Å²) in [6, 6.07) is 0. The standard InChI is InChI=1S/C16H27N3O4/c1-18(2)12-16(6-9-23-10-7-16)11-17-13(20)5-8-19-14(21)3-4-15(19)22/h3-12H2,1-2H3,(H,17,20). The molecule has 23 heavy (non-hydrogen) atoms. The molecule has 0 atom stereocenters. The molecule has 2 aliphatic heterocycles. The van der Waals surface area contributed by atoms with Crippen LogP contribution in [0, 0.1) is 5.41 Å². The molecule has 0 spiro atoms. The topological polar surface area (TPSA) is 79.0 Å². The molecule has 0 bridgehead atoms. The normalized spacial score (nSPS) is 21.1. The molecular weight excluding hydrogens is 298 g/mol. The summed E-state index contributed by atoms with van der Waals surface area (Å²) in [5, 5.41) is 2.98. The molecule has 1 N–H and O–H groups in total. The lowest BCUT2D eigenvalue weighted by atomic mass is 9.79. The molecule has 0 aromatic carbocycles. The van der Waals surface area contributed by atoms with Crippen LogP contribution in [0.3, 0.4) is 0 Å². The highest BCUT2D eigenvalue weighted by Crippen LogP contribution is 2.30. The molecule has 130 valence electrons. The van der Waals surface area contributed by atoms with E-state index >= 15 is 0 Å². The zero-order valence-electron chi connectivity index (χ0n) is 14.1. The number of imide groups is 1. The molecule has 3 amide bonds. The molecule has 2 rings (SSSR count). The van der Waals surface area contributed by atoms with Gasteiger partial charge in [0.2, 0.25) is 17.7 Å². The summed E-state index contributed by atoms with van der Waals surface area (Å²) in [6.07, 6.45) is 2.56. The average Bonchev–Trinajstić information content (AvgIpc) is 2.82. The van der Waals surface area contributed by atoms with E-state index in [4.69, 9.17) is 4.74 Å². The summed E-state index contributed by atoms with van der Waals surface area (Å²) < 4.78 is 5.44. The van der Waals surface area contributed by atoms with E-state index < -0.39 is 0 Å². The highest BCUT2D eigenvalue weighted by Gasteiger charge is 2.34. The second-order valence-corrected chi connectivity index (χ2v) is 6.82. The fourth-order valence-corrected chi connectivity index (χ4v) is 3.33. The second-order valence-electron chi connectivity index (χ2n) is 6.82. The van der Waals surface area contributed by atoms with Gasteiger partial charge in [-0.15, -0.1) is 0 Å². The first-order valence-electron chi connectivity index (χ1n) is 8.24. The smallest absolute Gasteiger partial charge is 0.229 e. The van der Waals surface area contributed by atoms with Crippen LogP contribution >= 0.6 is 0 Å². The second kappa shape index (κ2) is 7.88. The predicted molar refractivity (Wildman–Crippen MR) is 84.6 cm³/mol. The third-order valence-electron chi connectivity index (χ3n) is 4.58. The van der Waals surface area contributed by atoms with Gasteiger partial charge in [0, 0.05) is 57.5 Å². The fourth-order valence-electron chi connectivity index (χ4n) is 3.33. The minimum absolute atomic E-state index is 0.0384. The summed E-state index contributed by atoms with van der Waals surface area (Å²) >= 11 is 0. The highest BCUT2D eigenvalue weighted by molar-refractivity contribution is 6.02. The molecule has 0 aromatic heterocycles. The lowest BCUT2D eigenvalue weighted by Crippen LogP contribution is -2.47. The Morgan fingerprint density at radius 1 is 1.22 bits per heavy atom. The van der Waals surface area contributed by atoms with Gasteiger partial charge >= 0.3 is 0 Å². The monoisotopic (exact) mass is 325 g/mol. The quantitative estimate of drug-likeness (QED) is 0.667. The Labute approximate surface area is 137 Å². The first-order chi connectivity index (χ1) is 10.9. The third-order valence-corrected chi connectivity index (χ3v) is 4.58. The van der Waals surface area contributed by atoms with Gasteiger partial charge in [0.1, 0.15) is 0 Å². The molecule has 7 heteroatoms. The van der Waals surface area contributed by atoms with Gasteiger partial charge in [-0.3, -0.25) is 19.3 Å². The van der Waals surface area contributed by atoms with Crippen LogP contribution in [0.15, 0.2) is 0 Å². The summed E-state index contributed by atoms with van der Waals surface area (Å²) in [4.78, 5) is 38.5. The van der Waals surface area contributed by atoms with Gasteiger partial charge in [-0.05, 0) is 26.9 Å². The van der Waals surface area contributed by atoms with Gasteiger partial charge in [-0.1, -0.05) is 0 Å². The Morgan fingerprint density at radius 3 is 2.39 bits per heavy atom. The van der Waals surface area contributed by atoms with E-state index in [-0.39, 0.29) is 48.9 Å². The number of amides is 3. The van der Waals surface area contributed by atoms with Gasteiger partial charge in [-0.2, -0.15) is 0 Å². The van der Waals surface area contributed by atoms with Gasteiger partial charge in [-0.25, -0.2) is 0 Å². The summed E-state index contributed by atoms with van der Waals surface area (Å²) in [7, 11) is 4.06. The van der Waals surface area contributed by atoms with Crippen LogP contribution in [0.1, 0.15) is 32.1 Å². The van der Waals surface area contributed by atoms with E-state index in [9.17, 15) is 14.4 Å². The number of rotatable bonds is 7. The van der Waals surface area contributed by atoms with Crippen LogP contribution in [0.5, 0.6) is 0 Å². The van der Waals surface area contributed by atoms with E-state index in [1.807, 2.05) is 14.1 Å². The Balaban J connectivity index is 1.79. The van der Waals surface area contributed by atoms with E-state index in [0.29, 0.717) is 6.54 Å². The highest BCUT2D eigenvalue weighted by atomic mass is 16.5. The van der Waals surface area contributed by atoms with Gasteiger partial charge in [0.15, 0.2) is 0 Å². The average molecular weight is 325 g/mol. The largest absolute Gasteiger partial charge is 0.381 e. The number of hydrogen-bond acceptors (Lipinski definition) is 5. The minimum atomic E-state index is -0.170. The molecule has 2 fully saturated rings. The molecular formula is C16H27N3O4. The molecule has 2 heterocycles. The fraction of sp³-hybridized carbons (Fsp3) is 0.812. The molecule has 2 aliphatic rings. The maximum atomic E-state index is 12.1. The summed E-state index contributed by atoms with van der Waals surface area (Å²) in [6.45, 7) is 3.14. The molecule has 7 nitrogen and oxygen atoms in total. The SMILES string of the molecule is CN(C)CC1(CNC(=O)CCN2C(=O)CCC2=O)CCOCC1. The van der Waals surface area contributed by atoms with Crippen LogP contribution in [-0.4, -0.2) is 74.5 Å². The van der Waals surface area contributed by atoms with Crippen molar-refractivity contribution < 1.29 is 19.1 Å². The number of carbonyl (C=O) groups is 3. The molecule has 0 radical (unpaired) electrons. The molecule has 0 aliphatic carbocycles. The minimum Gasteiger partial charge on any atom is -0.381 e. The molecule has 0 aromatic rings. The maximum absolute atomic E-state index is 12.1. The number of hydrogen-bond donors (Lipinski definition) is 1. The van der Waals surface area contributed by atoms with Crippen LogP contribution in [0.25, 0.3) is 0 Å². The molecule has 2 saturated heterocycles. The van der Waals surface area contributed by atoms with E-state index in [1.54, 1.807) is 0 Å². The number of carbonyl (C=O) groups excluding carboxylic acids is 3. The lowest BCUT2D eigenvalue weighted by Gasteiger charge is -2.39. The number of nitrogens with one attached hydrogen (secondary N) is 1. The molecule has 0 saturated carbocycles. The van der Waals surface area contributed by atoms with Crippen molar-refractivity contribution in [1.82, 2.24) is 15.1 Å². The Morgan fingerprint density at radius 2 is 1.83 bits per heavy atom. The van der Waals surface area contributed by atoms with Crippen LogP contribution in [0.4, 0.5) is 0 Å². The van der Waals surface area contributed by atoms with E-state index in [1.165, 1.54) is 4.90 Å². The van der Waals surface area contributed by atoms with Gasteiger partial charge < -0.3 is 15.0 Å². The first-order valence-corrected chi connectivity index (χ1v) is 8.24. The summed E-state index contributed by atoms with van der Waals surface area (Å²) in [5.74, 6) is -0.449. The van der Waals surface area contributed by atoms with Crippen molar-refractivity contribution in [2.24, 2.45) is 5.41 Å². The number of likely N-dealkylation sites (tertiary alicyclic amines) is 1. The zero-order chi connectivity index (χ0) is 16.9. The van der Waals surface area contributed by atoms with Crippen LogP contribution < -0.4 is 5.32 Å². The Bertz CT molecular complexity index is 442. The number of ether oxygens (including phenoxy) is 1. The lowest BCUT2D eigenvalue weighted by molar-refractivity contribution is -0.138. The Hall–Kier alpha value is -1.47. The first kappa shape index (κ1) is 17.9. The summed E-state index contributed by atoms with van der Waals surface area (Å²) in [5.41, 5.74) is 0.0384. The molecule has 0 unspecified atom stereocenters. The zero-order valence-corrected chi connectivity index (χ0v) is 14.1. The van der Waals surface area contributed by atoms with E-state index in [2.05, 4.69) is 10.2 Å². The van der Waals surface area contributed by atoms with Crippen molar-refractivity contribution in [2.75, 3.05) is 46.9 Å². The number of nitrogens with zero attached hydrogens (tertiary/aromatic N) is 2. The van der Waals surface area contributed by atoms with Crippen molar-refractivity contribution in [2.45, 2.75) is 32.1 Å². The van der Waals surface area contributed by atoms with Crippen molar-refractivity contribution in [3.8, 4) is 0 Å². The van der Waals surface area contributed by atoms with Gasteiger partial charge in [0.05, 0.1) is 0 Å². The van der Waals surface area contributed by atoms with Crippen molar-refractivity contribution in [3.05, 3.63) is 0 Å². The van der Waals surface area contributed by atoms with Crippen molar-refractivity contribution in [3.63, 3.8) is 0 Å². The predicted octanol–water partition coefficient (Wildman–Crippen LogP) is 0.000100. The van der Waals surface area contributed by atoms with Gasteiger partial charge in [0.25, 0.3) is 0 Å². The maximum Gasteiger partial charge on any atom is 0.229 e. The van der Waals surface area contributed by atoms with Crippen molar-refractivity contribution in [1.29, 1.82) is 0 Å². The van der Waals surface area contributed by atoms with Crippen molar-refractivity contribution >= 4 is 17.7 Å². The van der Waals surface area contributed by atoms with Crippen LogP contribution in [-0.2, 0) is 19.1 Å². The Kier molecular flexibility index (Phi) is 6.12.